The van der Waals surface area contributed by atoms with E-state index < -0.39 is 0 Å². The Kier molecular flexibility index (Phi) is 7.61. The Bertz CT molecular complexity index is 420. The zero-order chi connectivity index (χ0) is 15.7. The minimum Gasteiger partial charge on any atom is -0.497 e. The molecule has 0 heterocycles. The van der Waals surface area contributed by atoms with Gasteiger partial charge in [-0.3, -0.25) is 4.79 Å². The monoisotopic (exact) mass is 293 g/mol. The molecule has 118 valence electrons. The van der Waals surface area contributed by atoms with Crippen molar-refractivity contribution in [3.8, 4) is 5.75 Å². The quantitative estimate of drug-likeness (QED) is 0.728. The minimum absolute atomic E-state index is 0.0391. The van der Waals surface area contributed by atoms with Crippen molar-refractivity contribution >= 4 is 11.6 Å². The molecule has 1 aromatic carbocycles. The molecule has 5 nitrogen and oxygen atoms in total. The van der Waals surface area contributed by atoms with Gasteiger partial charge >= 0.3 is 0 Å². The second kappa shape index (κ2) is 9.23. The number of carbonyl (C=O) groups excluding carboxylic acids is 1. The molecular weight excluding hydrogens is 266 g/mol. The summed E-state index contributed by atoms with van der Waals surface area (Å²) in [6.07, 6.45) is 1.78. The van der Waals surface area contributed by atoms with Crippen molar-refractivity contribution in [1.29, 1.82) is 0 Å². The third-order valence-corrected chi connectivity index (χ3v) is 3.42. The van der Waals surface area contributed by atoms with Crippen LogP contribution in [0.4, 0.5) is 5.69 Å². The van der Waals surface area contributed by atoms with Crippen LogP contribution in [0.25, 0.3) is 0 Å². The number of ether oxygens (including phenoxy) is 1. The molecular formula is C16H27N3O2. The van der Waals surface area contributed by atoms with Crippen molar-refractivity contribution in [3.63, 3.8) is 0 Å². The molecule has 0 aliphatic heterocycles. The molecule has 0 fully saturated rings. The number of anilines is 1. The number of rotatable bonds is 9. The Morgan fingerprint density at radius 1 is 1.38 bits per heavy atom. The van der Waals surface area contributed by atoms with Gasteiger partial charge in [0, 0.05) is 18.3 Å². The Morgan fingerprint density at radius 3 is 2.57 bits per heavy atom. The third-order valence-electron chi connectivity index (χ3n) is 3.42. The molecule has 5 heteroatoms. The predicted octanol–water partition coefficient (Wildman–Crippen LogP) is 1.77. The van der Waals surface area contributed by atoms with Crippen LogP contribution in [0.5, 0.6) is 5.75 Å². The SMILES string of the molecule is CCC(C)NC(=O)CN(CCCN)c1ccc(OC)cc1. The number of carbonyl (C=O) groups is 1. The van der Waals surface area contributed by atoms with Gasteiger partial charge in [-0.1, -0.05) is 6.92 Å². The molecule has 0 aromatic heterocycles. The first-order valence-electron chi connectivity index (χ1n) is 7.49. The molecule has 0 aliphatic carbocycles. The van der Waals surface area contributed by atoms with Gasteiger partial charge in [0.15, 0.2) is 0 Å². The summed E-state index contributed by atoms with van der Waals surface area (Å²) in [5, 5.41) is 2.99. The number of amides is 1. The van der Waals surface area contributed by atoms with Gasteiger partial charge in [0.1, 0.15) is 5.75 Å². The highest BCUT2D eigenvalue weighted by molar-refractivity contribution is 5.81. The van der Waals surface area contributed by atoms with Crippen molar-refractivity contribution in [2.45, 2.75) is 32.7 Å². The standard InChI is InChI=1S/C16H27N3O2/c1-4-13(2)18-16(20)12-19(11-5-10-17)14-6-8-15(21-3)9-7-14/h6-9,13H,4-5,10-12,17H2,1-3H3,(H,18,20). The highest BCUT2D eigenvalue weighted by Crippen LogP contribution is 2.19. The van der Waals surface area contributed by atoms with E-state index in [1.54, 1.807) is 7.11 Å². The maximum atomic E-state index is 12.1. The van der Waals surface area contributed by atoms with Gasteiger partial charge < -0.3 is 20.7 Å². The molecule has 0 radical (unpaired) electrons. The molecule has 0 bridgehead atoms. The molecule has 1 aromatic rings. The van der Waals surface area contributed by atoms with E-state index in [9.17, 15) is 4.79 Å². The summed E-state index contributed by atoms with van der Waals surface area (Å²) in [6, 6.07) is 7.93. The molecule has 0 saturated carbocycles. The van der Waals surface area contributed by atoms with Gasteiger partial charge in [-0.15, -0.1) is 0 Å². The van der Waals surface area contributed by atoms with Crippen LogP contribution in [-0.2, 0) is 4.79 Å². The van der Waals surface area contributed by atoms with Crippen molar-refractivity contribution in [3.05, 3.63) is 24.3 Å². The molecule has 21 heavy (non-hydrogen) atoms. The largest absolute Gasteiger partial charge is 0.497 e. The van der Waals surface area contributed by atoms with Crippen molar-refractivity contribution < 1.29 is 9.53 Å². The summed E-state index contributed by atoms with van der Waals surface area (Å²) >= 11 is 0. The van der Waals surface area contributed by atoms with E-state index in [0.29, 0.717) is 13.1 Å². The van der Waals surface area contributed by atoms with E-state index in [1.165, 1.54) is 0 Å². The van der Waals surface area contributed by atoms with Crippen LogP contribution in [0, 0.1) is 0 Å². The lowest BCUT2D eigenvalue weighted by Gasteiger charge is -2.25. The molecule has 1 amide bonds. The fraction of sp³-hybridized carbons (Fsp3) is 0.562. The van der Waals surface area contributed by atoms with E-state index >= 15 is 0 Å². The first-order chi connectivity index (χ1) is 10.1. The van der Waals surface area contributed by atoms with Crippen molar-refractivity contribution in [2.24, 2.45) is 5.73 Å². The number of hydrogen-bond acceptors (Lipinski definition) is 4. The summed E-state index contributed by atoms with van der Waals surface area (Å²) < 4.78 is 5.16. The normalized spacial score (nSPS) is 11.8. The van der Waals surface area contributed by atoms with Gasteiger partial charge in [0.25, 0.3) is 0 Å². The van der Waals surface area contributed by atoms with E-state index in [0.717, 1.165) is 30.8 Å². The van der Waals surface area contributed by atoms with E-state index in [-0.39, 0.29) is 11.9 Å². The van der Waals surface area contributed by atoms with Crippen molar-refractivity contribution in [1.82, 2.24) is 5.32 Å². The highest BCUT2D eigenvalue weighted by atomic mass is 16.5. The van der Waals surface area contributed by atoms with Crippen LogP contribution in [0.1, 0.15) is 26.7 Å². The van der Waals surface area contributed by atoms with Crippen LogP contribution in [0.2, 0.25) is 0 Å². The number of hydrogen-bond donors (Lipinski definition) is 2. The lowest BCUT2D eigenvalue weighted by Crippen LogP contribution is -2.41. The topological polar surface area (TPSA) is 67.6 Å². The fourth-order valence-electron chi connectivity index (χ4n) is 1.97. The van der Waals surface area contributed by atoms with Gasteiger partial charge in [-0.2, -0.15) is 0 Å². The van der Waals surface area contributed by atoms with Crippen LogP contribution in [-0.4, -0.2) is 38.7 Å². The first kappa shape index (κ1) is 17.3. The van der Waals surface area contributed by atoms with Crippen LogP contribution in [0.15, 0.2) is 24.3 Å². The summed E-state index contributed by atoms with van der Waals surface area (Å²) in [5.74, 6) is 0.846. The number of nitrogens with two attached hydrogens (primary N) is 1. The number of methoxy groups -OCH3 is 1. The Balaban J connectivity index is 2.71. The molecule has 0 spiro atoms. The van der Waals surface area contributed by atoms with Gasteiger partial charge in [-0.25, -0.2) is 0 Å². The predicted molar refractivity (Wildman–Crippen MR) is 86.8 cm³/mol. The fourth-order valence-corrected chi connectivity index (χ4v) is 1.97. The molecule has 3 N–H and O–H groups in total. The molecule has 0 aliphatic rings. The van der Waals surface area contributed by atoms with Crippen LogP contribution < -0.4 is 20.7 Å². The summed E-state index contributed by atoms with van der Waals surface area (Å²) in [4.78, 5) is 14.1. The molecule has 1 rings (SSSR count). The van der Waals surface area contributed by atoms with Gasteiger partial charge in [0.05, 0.1) is 13.7 Å². The zero-order valence-corrected chi connectivity index (χ0v) is 13.3. The van der Waals surface area contributed by atoms with Crippen LogP contribution >= 0.6 is 0 Å². The first-order valence-corrected chi connectivity index (χ1v) is 7.49. The smallest absolute Gasteiger partial charge is 0.239 e. The second-order valence-electron chi connectivity index (χ2n) is 5.14. The summed E-state index contributed by atoms with van der Waals surface area (Å²) in [5.41, 5.74) is 6.59. The number of benzene rings is 1. The van der Waals surface area contributed by atoms with Crippen molar-refractivity contribution in [2.75, 3.05) is 31.6 Å². The second-order valence-corrected chi connectivity index (χ2v) is 5.14. The maximum absolute atomic E-state index is 12.1. The van der Waals surface area contributed by atoms with E-state index in [1.807, 2.05) is 36.1 Å². The highest BCUT2D eigenvalue weighted by Gasteiger charge is 2.13. The summed E-state index contributed by atoms with van der Waals surface area (Å²) in [6.45, 7) is 5.78. The molecule has 1 atom stereocenters. The van der Waals surface area contributed by atoms with E-state index in [4.69, 9.17) is 10.5 Å². The average molecular weight is 293 g/mol. The third kappa shape index (κ3) is 6.04. The van der Waals surface area contributed by atoms with Gasteiger partial charge in [0.2, 0.25) is 5.91 Å². The minimum atomic E-state index is 0.0391. The lowest BCUT2D eigenvalue weighted by molar-refractivity contribution is -0.120. The van der Waals surface area contributed by atoms with Gasteiger partial charge in [-0.05, 0) is 50.6 Å². The Labute approximate surface area is 127 Å². The Hall–Kier alpha value is -1.75. The lowest BCUT2D eigenvalue weighted by atomic mass is 10.2. The maximum Gasteiger partial charge on any atom is 0.239 e. The number of nitrogens with zero attached hydrogens (tertiary/aromatic N) is 1. The zero-order valence-electron chi connectivity index (χ0n) is 13.3. The average Bonchev–Trinajstić information content (AvgIpc) is 2.51. The van der Waals surface area contributed by atoms with Crippen LogP contribution in [0.3, 0.4) is 0 Å². The molecule has 1 unspecified atom stereocenters. The van der Waals surface area contributed by atoms with E-state index in [2.05, 4.69) is 12.2 Å². The Morgan fingerprint density at radius 2 is 2.05 bits per heavy atom. The molecule has 0 saturated heterocycles. The summed E-state index contributed by atoms with van der Waals surface area (Å²) in [7, 11) is 1.64. The number of nitrogens with one attached hydrogen (secondary N) is 1.